The minimum absolute atomic E-state index is 0.143. The number of hydrogen-bond donors (Lipinski definition) is 2. The summed E-state index contributed by atoms with van der Waals surface area (Å²) in [6.07, 6.45) is 1.39. The van der Waals surface area contributed by atoms with Gasteiger partial charge in [-0.25, -0.2) is 9.18 Å². The quantitative estimate of drug-likeness (QED) is 0.836. The number of rotatable bonds is 3. The van der Waals surface area contributed by atoms with Crippen molar-refractivity contribution in [1.29, 1.82) is 0 Å². The molecular weight excluding hydrogens is 275 g/mol. The monoisotopic (exact) mass is 294 g/mol. The molecule has 1 aromatic carbocycles. The van der Waals surface area contributed by atoms with E-state index in [1.54, 1.807) is 0 Å². The van der Waals surface area contributed by atoms with E-state index in [1.165, 1.54) is 13.2 Å². The van der Waals surface area contributed by atoms with Crippen LogP contribution in [-0.2, 0) is 9.53 Å². The van der Waals surface area contributed by atoms with Gasteiger partial charge >= 0.3 is 5.97 Å². The van der Waals surface area contributed by atoms with Crippen LogP contribution in [0.25, 0.3) is 0 Å². The van der Waals surface area contributed by atoms with E-state index in [0.29, 0.717) is 12.8 Å². The van der Waals surface area contributed by atoms with Gasteiger partial charge in [-0.05, 0) is 44.1 Å². The van der Waals surface area contributed by atoms with Crippen LogP contribution in [0.4, 0.5) is 10.1 Å². The number of ether oxygens (including phenoxy) is 1. The van der Waals surface area contributed by atoms with E-state index in [9.17, 15) is 14.0 Å². The Morgan fingerprint density at radius 1 is 1.33 bits per heavy atom. The number of carbonyl (C=O) groups is 2. The number of piperidine rings is 1. The van der Waals surface area contributed by atoms with Crippen LogP contribution in [0.15, 0.2) is 18.2 Å². The van der Waals surface area contributed by atoms with E-state index in [-0.39, 0.29) is 17.2 Å². The number of nitrogens with one attached hydrogen (secondary N) is 2. The van der Waals surface area contributed by atoms with Gasteiger partial charge in [-0.1, -0.05) is 6.92 Å². The first-order valence-corrected chi connectivity index (χ1v) is 6.86. The normalized spacial score (nSPS) is 17.1. The highest BCUT2D eigenvalue weighted by Crippen LogP contribution is 2.30. The largest absolute Gasteiger partial charge is 0.465 e. The topological polar surface area (TPSA) is 67.4 Å². The summed E-state index contributed by atoms with van der Waals surface area (Å²) in [4.78, 5) is 24.1. The molecule has 1 fully saturated rings. The smallest absolute Gasteiger partial charge is 0.339 e. The Morgan fingerprint density at radius 3 is 2.62 bits per heavy atom. The first kappa shape index (κ1) is 15.4. The van der Waals surface area contributed by atoms with Gasteiger partial charge in [-0.3, -0.25) is 4.79 Å². The summed E-state index contributed by atoms with van der Waals surface area (Å²) in [5.41, 5.74) is -0.235. The molecule has 1 heterocycles. The molecule has 6 heteroatoms. The van der Waals surface area contributed by atoms with Crippen LogP contribution in [0.2, 0.25) is 0 Å². The number of anilines is 1. The van der Waals surface area contributed by atoms with Crippen molar-refractivity contribution in [3.05, 3.63) is 29.6 Å². The maximum Gasteiger partial charge on any atom is 0.339 e. The Bertz CT molecular complexity index is 554. The molecule has 114 valence electrons. The zero-order valence-corrected chi connectivity index (χ0v) is 12.2. The molecule has 0 radical (unpaired) electrons. The van der Waals surface area contributed by atoms with Gasteiger partial charge in [0, 0.05) is 5.41 Å². The average molecular weight is 294 g/mol. The molecule has 1 amide bonds. The van der Waals surface area contributed by atoms with E-state index >= 15 is 0 Å². The lowest BCUT2D eigenvalue weighted by atomic mass is 9.80. The standard InChI is InChI=1S/C15H19FN2O3/c1-15(5-7-17-8-6-15)14(20)18-12-9-10(16)3-4-11(12)13(19)21-2/h3-4,9,17H,5-8H2,1-2H3,(H,18,20). The van der Waals surface area contributed by atoms with Crippen molar-refractivity contribution in [3.8, 4) is 0 Å². The molecule has 0 bridgehead atoms. The Labute approximate surface area is 122 Å². The highest BCUT2D eigenvalue weighted by molar-refractivity contribution is 6.02. The van der Waals surface area contributed by atoms with Crippen molar-refractivity contribution in [2.75, 3.05) is 25.5 Å². The van der Waals surface area contributed by atoms with Crippen LogP contribution in [0.3, 0.4) is 0 Å². The van der Waals surface area contributed by atoms with E-state index in [0.717, 1.165) is 25.2 Å². The molecule has 1 aliphatic heterocycles. The van der Waals surface area contributed by atoms with Crippen molar-refractivity contribution >= 4 is 17.6 Å². The van der Waals surface area contributed by atoms with Crippen LogP contribution in [0.5, 0.6) is 0 Å². The van der Waals surface area contributed by atoms with Gasteiger partial charge in [0.15, 0.2) is 0 Å². The summed E-state index contributed by atoms with van der Waals surface area (Å²) in [5, 5.41) is 5.86. The van der Waals surface area contributed by atoms with Gasteiger partial charge in [0.1, 0.15) is 5.82 Å². The predicted molar refractivity (Wildman–Crippen MR) is 76.6 cm³/mol. The van der Waals surface area contributed by atoms with Crippen LogP contribution >= 0.6 is 0 Å². The van der Waals surface area contributed by atoms with Crippen molar-refractivity contribution in [2.24, 2.45) is 5.41 Å². The lowest BCUT2D eigenvalue weighted by molar-refractivity contribution is -0.126. The molecule has 1 saturated heterocycles. The van der Waals surface area contributed by atoms with E-state index in [2.05, 4.69) is 15.4 Å². The third-order valence-corrected chi connectivity index (χ3v) is 3.89. The molecule has 0 saturated carbocycles. The highest BCUT2D eigenvalue weighted by Gasteiger charge is 2.35. The van der Waals surface area contributed by atoms with Gasteiger partial charge in [0.05, 0.1) is 18.4 Å². The Morgan fingerprint density at radius 2 is 2.00 bits per heavy atom. The molecule has 0 atom stereocenters. The van der Waals surface area contributed by atoms with Crippen LogP contribution in [0.1, 0.15) is 30.1 Å². The summed E-state index contributed by atoms with van der Waals surface area (Å²) < 4.78 is 18.0. The average Bonchev–Trinajstić information content (AvgIpc) is 2.47. The second kappa shape index (κ2) is 6.22. The van der Waals surface area contributed by atoms with Gasteiger partial charge in [-0.15, -0.1) is 0 Å². The molecule has 0 aliphatic carbocycles. The molecule has 0 aromatic heterocycles. The van der Waals surface area contributed by atoms with Crippen LogP contribution < -0.4 is 10.6 Å². The minimum atomic E-state index is -0.610. The fourth-order valence-corrected chi connectivity index (χ4v) is 2.39. The van der Waals surface area contributed by atoms with Gasteiger partial charge in [-0.2, -0.15) is 0 Å². The van der Waals surface area contributed by atoms with Crippen molar-refractivity contribution < 1.29 is 18.7 Å². The first-order chi connectivity index (χ1) is 9.96. The molecule has 1 aliphatic rings. The molecule has 2 rings (SSSR count). The summed E-state index contributed by atoms with van der Waals surface area (Å²) in [6.45, 7) is 3.40. The minimum Gasteiger partial charge on any atom is -0.465 e. The molecule has 0 spiro atoms. The number of carbonyl (C=O) groups excluding carboxylic acids is 2. The number of esters is 1. The molecule has 1 aromatic rings. The molecule has 5 nitrogen and oxygen atoms in total. The molecule has 21 heavy (non-hydrogen) atoms. The van der Waals surface area contributed by atoms with Crippen LogP contribution in [-0.4, -0.2) is 32.1 Å². The third kappa shape index (κ3) is 3.39. The Balaban J connectivity index is 2.24. The SMILES string of the molecule is COC(=O)c1ccc(F)cc1NC(=O)C1(C)CCNCC1. The maximum absolute atomic E-state index is 13.4. The lowest BCUT2D eigenvalue weighted by Crippen LogP contribution is -2.43. The summed E-state index contributed by atoms with van der Waals surface area (Å²) in [6, 6.07) is 3.60. The van der Waals surface area contributed by atoms with Crippen LogP contribution in [0, 0.1) is 11.2 Å². The van der Waals surface area contributed by atoms with Gasteiger partial charge in [0.25, 0.3) is 0 Å². The van der Waals surface area contributed by atoms with Gasteiger partial charge in [0.2, 0.25) is 5.91 Å². The number of benzene rings is 1. The van der Waals surface area contributed by atoms with Gasteiger partial charge < -0.3 is 15.4 Å². The summed E-state index contributed by atoms with van der Waals surface area (Å²) in [7, 11) is 1.24. The van der Waals surface area contributed by atoms with E-state index in [4.69, 9.17) is 0 Å². The summed E-state index contributed by atoms with van der Waals surface area (Å²) in [5.74, 6) is -1.34. The highest BCUT2D eigenvalue weighted by atomic mass is 19.1. The number of hydrogen-bond acceptors (Lipinski definition) is 4. The number of halogens is 1. The lowest BCUT2D eigenvalue weighted by Gasteiger charge is -2.32. The zero-order valence-electron chi connectivity index (χ0n) is 12.2. The summed E-state index contributed by atoms with van der Waals surface area (Å²) >= 11 is 0. The van der Waals surface area contributed by atoms with E-state index < -0.39 is 17.2 Å². The molecule has 2 N–H and O–H groups in total. The fourth-order valence-electron chi connectivity index (χ4n) is 2.39. The third-order valence-electron chi connectivity index (χ3n) is 3.89. The van der Waals surface area contributed by atoms with Crippen molar-refractivity contribution in [2.45, 2.75) is 19.8 Å². The fraction of sp³-hybridized carbons (Fsp3) is 0.467. The van der Waals surface area contributed by atoms with E-state index in [1.807, 2.05) is 6.92 Å². The molecular formula is C15H19FN2O3. The second-order valence-electron chi connectivity index (χ2n) is 5.45. The Kier molecular flexibility index (Phi) is 4.57. The number of amides is 1. The molecule has 0 unspecified atom stereocenters. The maximum atomic E-state index is 13.4. The Hall–Kier alpha value is -1.95. The predicted octanol–water partition coefficient (Wildman–Crippen LogP) is 1.94. The second-order valence-corrected chi connectivity index (χ2v) is 5.45. The first-order valence-electron chi connectivity index (χ1n) is 6.86. The van der Waals surface area contributed by atoms with Crippen molar-refractivity contribution in [3.63, 3.8) is 0 Å². The van der Waals surface area contributed by atoms with Crippen molar-refractivity contribution in [1.82, 2.24) is 5.32 Å². The zero-order chi connectivity index (χ0) is 15.5. The number of methoxy groups -OCH3 is 1.